The minimum absolute atomic E-state index is 0.107. The molecule has 1 aliphatic rings. The first-order chi connectivity index (χ1) is 9.71. The Morgan fingerprint density at radius 1 is 1.33 bits per heavy atom. The van der Waals surface area contributed by atoms with Crippen LogP contribution in [0.3, 0.4) is 0 Å². The van der Waals surface area contributed by atoms with Crippen LogP contribution >= 0.6 is 22.3 Å². The quantitative estimate of drug-likeness (QED) is 0.766. The third-order valence-corrected chi connectivity index (χ3v) is 5.55. The van der Waals surface area contributed by atoms with E-state index < -0.39 is 9.05 Å². The summed E-state index contributed by atoms with van der Waals surface area (Å²) >= 11 is 5.95. The van der Waals surface area contributed by atoms with Crippen LogP contribution in [0.5, 0.6) is 0 Å². The lowest BCUT2D eigenvalue weighted by Crippen LogP contribution is -2.42. The highest BCUT2D eigenvalue weighted by atomic mass is 35.7. The van der Waals surface area contributed by atoms with Gasteiger partial charge in [0.25, 0.3) is 15.0 Å². The Balaban J connectivity index is 2.49. The summed E-state index contributed by atoms with van der Waals surface area (Å²) in [6, 6.07) is 2.92. The number of hydrogen-bond acceptors (Lipinski definition) is 3. The van der Waals surface area contributed by atoms with Gasteiger partial charge in [0.05, 0.1) is 4.90 Å². The van der Waals surface area contributed by atoms with Gasteiger partial charge in [-0.15, -0.1) is 0 Å². The van der Waals surface area contributed by atoms with E-state index in [2.05, 4.69) is 0 Å². The summed E-state index contributed by atoms with van der Waals surface area (Å²) in [5.74, 6) is -0.191. The van der Waals surface area contributed by atoms with Gasteiger partial charge < -0.3 is 4.90 Å². The number of amides is 1. The van der Waals surface area contributed by atoms with E-state index in [0.717, 1.165) is 19.3 Å². The van der Waals surface area contributed by atoms with Crippen LogP contribution in [0.25, 0.3) is 0 Å². The molecule has 1 unspecified atom stereocenters. The van der Waals surface area contributed by atoms with Crippen LogP contribution < -0.4 is 0 Å². The monoisotopic (exact) mass is 349 g/mol. The van der Waals surface area contributed by atoms with E-state index in [1.165, 1.54) is 12.1 Å². The average molecular weight is 350 g/mol. The smallest absolute Gasteiger partial charge is 0.261 e. The molecular formula is C14H17Cl2NO3S. The van der Waals surface area contributed by atoms with E-state index in [4.69, 9.17) is 22.3 Å². The van der Waals surface area contributed by atoms with E-state index in [0.29, 0.717) is 17.7 Å². The predicted octanol–water partition coefficient (Wildman–Crippen LogP) is 3.59. The van der Waals surface area contributed by atoms with Crippen molar-refractivity contribution < 1.29 is 13.2 Å². The molecule has 7 heteroatoms. The maximum Gasteiger partial charge on any atom is 0.261 e. The number of hydrogen-bond donors (Lipinski definition) is 0. The molecule has 1 fully saturated rings. The second-order valence-corrected chi connectivity index (χ2v) is 8.33. The summed E-state index contributed by atoms with van der Waals surface area (Å²) in [7, 11) is 1.48. The van der Waals surface area contributed by atoms with Gasteiger partial charge in [0.1, 0.15) is 0 Å². The van der Waals surface area contributed by atoms with Gasteiger partial charge in [-0.2, -0.15) is 0 Å². The molecule has 0 radical (unpaired) electrons. The van der Waals surface area contributed by atoms with Gasteiger partial charge in [0, 0.05) is 33.9 Å². The summed E-state index contributed by atoms with van der Waals surface area (Å²) in [6.07, 6.45) is 3.00. The zero-order valence-corrected chi connectivity index (χ0v) is 14.2. The standard InChI is InChI=1S/C14H17Cl2NO3S/c1-9-5-3-4-6-17(9)14(18)12-7-11(15)8-13(10(12)2)21(16,19)20/h7-9H,3-6H2,1-2H3. The zero-order chi connectivity index (χ0) is 15.8. The lowest BCUT2D eigenvalue weighted by atomic mass is 10.0. The molecule has 116 valence electrons. The third-order valence-electron chi connectivity index (χ3n) is 3.88. The molecule has 0 spiro atoms. The number of nitrogens with zero attached hydrogens (tertiary/aromatic N) is 1. The summed E-state index contributed by atoms with van der Waals surface area (Å²) in [6.45, 7) is 4.25. The van der Waals surface area contributed by atoms with Gasteiger partial charge in [0.15, 0.2) is 0 Å². The van der Waals surface area contributed by atoms with Crippen LogP contribution in [0.4, 0.5) is 0 Å². The molecule has 1 saturated heterocycles. The van der Waals surface area contributed by atoms with Crippen molar-refractivity contribution >= 4 is 37.2 Å². The van der Waals surface area contributed by atoms with Crippen LogP contribution in [0.1, 0.15) is 42.1 Å². The fourth-order valence-electron chi connectivity index (χ4n) is 2.68. The summed E-state index contributed by atoms with van der Waals surface area (Å²) in [4.78, 5) is 14.4. The molecule has 0 aliphatic carbocycles. The van der Waals surface area contributed by atoms with Gasteiger partial charge in [0.2, 0.25) is 0 Å². The van der Waals surface area contributed by atoms with Crippen molar-refractivity contribution in [2.75, 3.05) is 6.54 Å². The van der Waals surface area contributed by atoms with E-state index in [1.807, 2.05) is 6.92 Å². The average Bonchev–Trinajstić information content (AvgIpc) is 2.39. The fourth-order valence-corrected chi connectivity index (χ4v) is 4.19. The van der Waals surface area contributed by atoms with E-state index in [-0.39, 0.29) is 21.9 Å². The number of carbonyl (C=O) groups excluding carboxylic acids is 1. The van der Waals surface area contributed by atoms with Crippen molar-refractivity contribution in [2.45, 2.75) is 44.0 Å². The lowest BCUT2D eigenvalue weighted by Gasteiger charge is -2.34. The van der Waals surface area contributed by atoms with E-state index in [9.17, 15) is 13.2 Å². The Hall–Kier alpha value is -0.780. The zero-order valence-electron chi connectivity index (χ0n) is 11.9. The van der Waals surface area contributed by atoms with Crippen molar-refractivity contribution in [1.82, 2.24) is 4.90 Å². The summed E-state index contributed by atoms with van der Waals surface area (Å²) < 4.78 is 23.2. The van der Waals surface area contributed by atoms with Gasteiger partial charge in [-0.05, 0) is 50.8 Å². The molecular weight excluding hydrogens is 333 g/mol. The van der Waals surface area contributed by atoms with Crippen LogP contribution in [0.15, 0.2) is 17.0 Å². The largest absolute Gasteiger partial charge is 0.336 e. The minimum atomic E-state index is -3.94. The van der Waals surface area contributed by atoms with Gasteiger partial charge in [-0.3, -0.25) is 4.79 Å². The lowest BCUT2D eigenvalue weighted by molar-refractivity contribution is 0.0634. The number of likely N-dealkylation sites (tertiary alicyclic amines) is 1. The Morgan fingerprint density at radius 3 is 2.57 bits per heavy atom. The van der Waals surface area contributed by atoms with Crippen molar-refractivity contribution in [3.63, 3.8) is 0 Å². The van der Waals surface area contributed by atoms with Crippen molar-refractivity contribution in [1.29, 1.82) is 0 Å². The van der Waals surface area contributed by atoms with Gasteiger partial charge in [-0.25, -0.2) is 8.42 Å². The minimum Gasteiger partial charge on any atom is -0.336 e. The molecule has 21 heavy (non-hydrogen) atoms. The maximum atomic E-state index is 12.7. The molecule has 0 saturated carbocycles. The second-order valence-electron chi connectivity index (χ2n) is 5.36. The predicted molar refractivity (Wildman–Crippen MR) is 83.6 cm³/mol. The van der Waals surface area contributed by atoms with Crippen molar-refractivity contribution in [3.05, 3.63) is 28.3 Å². The highest BCUT2D eigenvalue weighted by Gasteiger charge is 2.27. The van der Waals surface area contributed by atoms with Crippen LogP contribution in [0.2, 0.25) is 5.02 Å². The van der Waals surface area contributed by atoms with Crippen LogP contribution in [-0.4, -0.2) is 31.8 Å². The Labute approximate surface area is 134 Å². The Morgan fingerprint density at radius 2 is 2.00 bits per heavy atom. The SMILES string of the molecule is Cc1c(C(=O)N2CCCCC2C)cc(Cl)cc1S(=O)(=O)Cl. The number of piperidine rings is 1. The number of carbonyl (C=O) groups is 1. The highest BCUT2D eigenvalue weighted by molar-refractivity contribution is 8.13. The molecule has 4 nitrogen and oxygen atoms in total. The summed E-state index contributed by atoms with van der Waals surface area (Å²) in [5.41, 5.74) is 0.646. The molecule has 0 N–H and O–H groups in total. The maximum absolute atomic E-state index is 12.7. The topological polar surface area (TPSA) is 54.5 Å². The Bertz CT molecular complexity index is 673. The first-order valence-electron chi connectivity index (χ1n) is 6.77. The van der Waals surface area contributed by atoms with Crippen LogP contribution in [0, 0.1) is 6.92 Å². The Kier molecular flexibility index (Phi) is 4.85. The molecule has 1 aliphatic heterocycles. The molecule has 1 heterocycles. The van der Waals surface area contributed by atoms with Gasteiger partial charge in [-0.1, -0.05) is 11.6 Å². The van der Waals surface area contributed by atoms with E-state index >= 15 is 0 Å². The molecule has 1 atom stereocenters. The molecule has 2 rings (SSSR count). The molecule has 0 bridgehead atoms. The first kappa shape index (κ1) is 16.6. The first-order valence-corrected chi connectivity index (χ1v) is 9.46. The van der Waals surface area contributed by atoms with Crippen LogP contribution in [-0.2, 0) is 9.05 Å². The number of rotatable bonds is 2. The summed E-state index contributed by atoms with van der Waals surface area (Å²) in [5, 5.41) is 0.188. The number of halogens is 2. The number of benzene rings is 1. The molecule has 1 aromatic carbocycles. The van der Waals surface area contributed by atoms with Crippen molar-refractivity contribution in [3.8, 4) is 0 Å². The fraction of sp³-hybridized carbons (Fsp3) is 0.500. The van der Waals surface area contributed by atoms with Crippen molar-refractivity contribution in [2.24, 2.45) is 0 Å². The highest BCUT2D eigenvalue weighted by Crippen LogP contribution is 2.29. The third kappa shape index (κ3) is 3.52. The van der Waals surface area contributed by atoms with E-state index in [1.54, 1.807) is 11.8 Å². The van der Waals surface area contributed by atoms with Gasteiger partial charge >= 0.3 is 0 Å². The normalized spacial score (nSPS) is 19.6. The second kappa shape index (κ2) is 6.15. The molecule has 1 aromatic rings. The molecule has 1 amide bonds. The molecule has 0 aromatic heterocycles.